The Balaban J connectivity index is 2.01. The molecule has 3 heteroatoms. The van der Waals surface area contributed by atoms with E-state index >= 15 is 0 Å². The second-order valence-electron chi connectivity index (χ2n) is 6.77. The van der Waals surface area contributed by atoms with Crippen LogP contribution in [-0.2, 0) is 4.79 Å². The average Bonchev–Trinajstić information content (AvgIpc) is 2.67. The fourth-order valence-corrected chi connectivity index (χ4v) is 3.79. The Kier molecular flexibility index (Phi) is 5.77. The molecule has 2 aromatic rings. The van der Waals surface area contributed by atoms with Crippen LogP contribution < -0.4 is 0 Å². The quantitative estimate of drug-likeness (QED) is 0.583. The van der Waals surface area contributed by atoms with E-state index in [1.165, 1.54) is 6.42 Å². The smallest absolute Gasteiger partial charge is 0.175 e. The van der Waals surface area contributed by atoms with Gasteiger partial charge < -0.3 is 0 Å². The molecule has 1 aliphatic rings. The number of piperidine rings is 1. The number of carbonyl (C=O) groups excluding carboxylic acids is 2. The van der Waals surface area contributed by atoms with Gasteiger partial charge in [0.2, 0.25) is 0 Å². The number of Topliss-reactive ketones (excluding diaryl/α,β-unsaturated/α-hetero) is 2. The summed E-state index contributed by atoms with van der Waals surface area (Å²) in [5, 5.41) is 0. The fraction of sp³-hybridized carbons (Fsp3) is 0.364. The second kappa shape index (κ2) is 8.21. The highest BCUT2D eigenvalue weighted by Gasteiger charge is 2.37. The van der Waals surface area contributed by atoms with Crippen LogP contribution in [0.15, 0.2) is 60.7 Å². The van der Waals surface area contributed by atoms with Gasteiger partial charge >= 0.3 is 0 Å². The number of rotatable bonds is 6. The maximum Gasteiger partial charge on any atom is 0.175 e. The largest absolute Gasteiger partial charge is 0.299 e. The molecule has 0 aromatic heterocycles. The van der Waals surface area contributed by atoms with E-state index in [0.29, 0.717) is 5.56 Å². The SMILES string of the molecule is CC(=O)C(C(=O)c1ccccc1)C(c1ccccc1)N1CCCCC1. The number of ketones is 2. The molecule has 1 heterocycles. The summed E-state index contributed by atoms with van der Waals surface area (Å²) in [6.07, 6.45) is 3.45. The first-order valence-electron chi connectivity index (χ1n) is 9.07. The van der Waals surface area contributed by atoms with Crippen LogP contribution >= 0.6 is 0 Å². The van der Waals surface area contributed by atoms with Crippen LogP contribution in [0.1, 0.15) is 48.1 Å². The zero-order valence-corrected chi connectivity index (χ0v) is 14.7. The van der Waals surface area contributed by atoms with Gasteiger partial charge in [-0.05, 0) is 38.4 Å². The lowest BCUT2D eigenvalue weighted by atomic mass is 9.82. The topological polar surface area (TPSA) is 37.4 Å². The third-order valence-corrected chi connectivity index (χ3v) is 5.02. The van der Waals surface area contributed by atoms with E-state index in [2.05, 4.69) is 4.90 Å². The molecule has 0 N–H and O–H groups in total. The number of hydrogen-bond donors (Lipinski definition) is 0. The van der Waals surface area contributed by atoms with Gasteiger partial charge in [0.15, 0.2) is 5.78 Å². The zero-order valence-electron chi connectivity index (χ0n) is 14.7. The maximum absolute atomic E-state index is 13.2. The molecule has 2 unspecified atom stereocenters. The number of hydrogen-bond acceptors (Lipinski definition) is 3. The van der Waals surface area contributed by atoms with Gasteiger partial charge in [0.05, 0.1) is 6.04 Å². The van der Waals surface area contributed by atoms with E-state index in [1.54, 1.807) is 19.1 Å². The molecule has 2 atom stereocenters. The van der Waals surface area contributed by atoms with Crippen molar-refractivity contribution in [3.63, 3.8) is 0 Å². The Morgan fingerprint density at radius 1 is 0.840 bits per heavy atom. The molecule has 2 aromatic carbocycles. The van der Waals surface area contributed by atoms with Crippen LogP contribution in [0, 0.1) is 5.92 Å². The van der Waals surface area contributed by atoms with Crippen molar-refractivity contribution in [3.8, 4) is 0 Å². The van der Waals surface area contributed by atoms with Crippen LogP contribution in [0.2, 0.25) is 0 Å². The molecule has 0 radical (unpaired) electrons. The predicted octanol–water partition coefficient (Wildman–Crippen LogP) is 4.30. The molecule has 0 amide bonds. The first kappa shape index (κ1) is 17.6. The lowest BCUT2D eigenvalue weighted by Gasteiger charge is -2.38. The van der Waals surface area contributed by atoms with Gasteiger partial charge in [0, 0.05) is 5.56 Å². The van der Waals surface area contributed by atoms with Crippen LogP contribution in [0.5, 0.6) is 0 Å². The molecular weight excluding hydrogens is 310 g/mol. The molecule has 1 saturated heterocycles. The average molecular weight is 335 g/mol. The van der Waals surface area contributed by atoms with Crippen molar-refractivity contribution in [2.24, 2.45) is 5.92 Å². The van der Waals surface area contributed by atoms with Crippen molar-refractivity contribution in [2.45, 2.75) is 32.2 Å². The molecule has 0 saturated carbocycles. The first-order chi connectivity index (χ1) is 12.2. The minimum absolute atomic E-state index is 0.0618. The summed E-state index contributed by atoms with van der Waals surface area (Å²) in [4.78, 5) is 28.1. The summed E-state index contributed by atoms with van der Waals surface area (Å²) < 4.78 is 0. The summed E-state index contributed by atoms with van der Waals surface area (Å²) in [6.45, 7) is 3.42. The Hall–Kier alpha value is -2.26. The third kappa shape index (κ3) is 4.05. The third-order valence-electron chi connectivity index (χ3n) is 5.02. The highest BCUT2D eigenvalue weighted by molar-refractivity contribution is 6.10. The highest BCUT2D eigenvalue weighted by atomic mass is 16.1. The van der Waals surface area contributed by atoms with Crippen molar-refractivity contribution < 1.29 is 9.59 Å². The second-order valence-corrected chi connectivity index (χ2v) is 6.77. The van der Waals surface area contributed by atoms with Gasteiger partial charge in [-0.15, -0.1) is 0 Å². The molecular formula is C22H25NO2. The van der Waals surface area contributed by atoms with Crippen molar-refractivity contribution in [2.75, 3.05) is 13.1 Å². The van der Waals surface area contributed by atoms with Gasteiger partial charge in [-0.25, -0.2) is 0 Å². The molecule has 3 rings (SSSR count). The summed E-state index contributed by atoms with van der Waals surface area (Å²) in [5.41, 5.74) is 1.66. The van der Waals surface area contributed by atoms with Crippen molar-refractivity contribution in [1.82, 2.24) is 4.90 Å². The maximum atomic E-state index is 13.2. The predicted molar refractivity (Wildman–Crippen MR) is 99.6 cm³/mol. The van der Waals surface area contributed by atoms with E-state index in [-0.39, 0.29) is 17.6 Å². The van der Waals surface area contributed by atoms with Gasteiger partial charge in [-0.3, -0.25) is 14.5 Å². The van der Waals surface area contributed by atoms with Crippen LogP contribution in [-0.4, -0.2) is 29.6 Å². The normalized spacial score (nSPS) is 17.6. The summed E-state index contributed by atoms with van der Waals surface area (Å²) in [5.74, 6) is -0.802. The Morgan fingerprint density at radius 3 is 1.96 bits per heavy atom. The number of benzene rings is 2. The molecule has 0 spiro atoms. The Bertz CT molecular complexity index is 705. The van der Waals surface area contributed by atoms with Crippen LogP contribution in [0.3, 0.4) is 0 Å². The molecule has 130 valence electrons. The molecule has 3 nitrogen and oxygen atoms in total. The highest BCUT2D eigenvalue weighted by Crippen LogP contribution is 2.34. The molecule has 1 aliphatic heterocycles. The first-order valence-corrected chi connectivity index (χ1v) is 9.07. The van der Waals surface area contributed by atoms with E-state index in [1.807, 2.05) is 48.5 Å². The fourth-order valence-electron chi connectivity index (χ4n) is 3.79. The number of carbonyl (C=O) groups is 2. The van der Waals surface area contributed by atoms with Gasteiger partial charge in [0.25, 0.3) is 0 Å². The number of nitrogens with zero attached hydrogens (tertiary/aromatic N) is 1. The van der Waals surface area contributed by atoms with Gasteiger partial charge in [-0.1, -0.05) is 67.1 Å². The van der Waals surface area contributed by atoms with Crippen LogP contribution in [0.25, 0.3) is 0 Å². The minimum Gasteiger partial charge on any atom is -0.299 e. The van der Waals surface area contributed by atoms with Crippen molar-refractivity contribution in [1.29, 1.82) is 0 Å². The monoisotopic (exact) mass is 335 g/mol. The summed E-state index contributed by atoms with van der Waals surface area (Å²) >= 11 is 0. The Labute approximate surface area is 149 Å². The molecule has 1 fully saturated rings. The Morgan fingerprint density at radius 2 is 1.40 bits per heavy atom. The zero-order chi connectivity index (χ0) is 17.6. The number of likely N-dealkylation sites (tertiary alicyclic amines) is 1. The summed E-state index contributed by atoms with van der Waals surface area (Å²) in [7, 11) is 0. The summed E-state index contributed by atoms with van der Waals surface area (Å²) in [6, 6.07) is 19.0. The molecule has 0 bridgehead atoms. The van der Waals surface area contributed by atoms with E-state index in [0.717, 1.165) is 31.5 Å². The minimum atomic E-state index is -0.664. The lowest BCUT2D eigenvalue weighted by molar-refractivity contribution is -0.121. The van der Waals surface area contributed by atoms with Crippen LogP contribution in [0.4, 0.5) is 0 Å². The standard InChI is InChI=1S/C22H25NO2/c1-17(24)20(22(25)19-13-7-3-8-14-19)21(18-11-5-2-6-12-18)23-15-9-4-10-16-23/h2-3,5-8,11-14,20-21H,4,9-10,15-16H2,1H3. The lowest BCUT2D eigenvalue weighted by Crippen LogP contribution is -2.42. The molecule has 25 heavy (non-hydrogen) atoms. The van der Waals surface area contributed by atoms with E-state index < -0.39 is 5.92 Å². The van der Waals surface area contributed by atoms with Crippen molar-refractivity contribution in [3.05, 3.63) is 71.8 Å². The van der Waals surface area contributed by atoms with Gasteiger partial charge in [0.1, 0.15) is 11.7 Å². The molecule has 0 aliphatic carbocycles. The van der Waals surface area contributed by atoms with E-state index in [4.69, 9.17) is 0 Å². The van der Waals surface area contributed by atoms with Crippen molar-refractivity contribution >= 4 is 11.6 Å². The van der Waals surface area contributed by atoms with Gasteiger partial charge in [-0.2, -0.15) is 0 Å². The van der Waals surface area contributed by atoms with E-state index in [9.17, 15) is 9.59 Å².